The molecule has 1 aromatic carbocycles. The van der Waals surface area contributed by atoms with Gasteiger partial charge in [-0.3, -0.25) is 0 Å². The van der Waals surface area contributed by atoms with Gasteiger partial charge in [0.05, 0.1) is 13.7 Å². The van der Waals surface area contributed by atoms with Crippen molar-refractivity contribution < 1.29 is 9.26 Å². The number of para-hydroxylation sites is 1. The fourth-order valence-electron chi connectivity index (χ4n) is 1.92. The molecule has 0 unspecified atom stereocenters. The number of hydrogen-bond acceptors (Lipinski definition) is 5. The SMILES string of the molecule is COc1ccccc1Cc1noc(CNCC(C)C)n1. The third-order valence-corrected chi connectivity index (χ3v) is 2.88. The van der Waals surface area contributed by atoms with Crippen molar-refractivity contribution in [2.45, 2.75) is 26.8 Å². The van der Waals surface area contributed by atoms with Crippen molar-refractivity contribution in [3.63, 3.8) is 0 Å². The first-order valence-electron chi connectivity index (χ1n) is 6.83. The lowest BCUT2D eigenvalue weighted by atomic mass is 10.1. The third kappa shape index (κ3) is 4.06. The van der Waals surface area contributed by atoms with Crippen LogP contribution in [-0.2, 0) is 13.0 Å². The highest BCUT2D eigenvalue weighted by molar-refractivity contribution is 5.35. The zero-order valence-electron chi connectivity index (χ0n) is 12.2. The minimum atomic E-state index is 0.603. The van der Waals surface area contributed by atoms with E-state index in [1.165, 1.54) is 0 Å². The van der Waals surface area contributed by atoms with Crippen molar-refractivity contribution in [1.82, 2.24) is 15.5 Å². The van der Waals surface area contributed by atoms with Gasteiger partial charge in [0.15, 0.2) is 5.82 Å². The van der Waals surface area contributed by atoms with E-state index in [1.807, 2.05) is 24.3 Å². The van der Waals surface area contributed by atoms with Gasteiger partial charge in [0.1, 0.15) is 5.75 Å². The van der Waals surface area contributed by atoms with E-state index in [9.17, 15) is 0 Å². The molecule has 2 aromatic rings. The van der Waals surface area contributed by atoms with Crippen LogP contribution in [0.2, 0.25) is 0 Å². The Kier molecular flexibility index (Phi) is 5.12. The zero-order chi connectivity index (χ0) is 14.4. The standard InChI is InChI=1S/C15H21N3O2/c1-11(2)9-16-10-15-17-14(18-20-15)8-12-6-4-5-7-13(12)19-3/h4-7,11,16H,8-10H2,1-3H3. The lowest BCUT2D eigenvalue weighted by Crippen LogP contribution is -2.19. The van der Waals surface area contributed by atoms with Crippen LogP contribution in [0.5, 0.6) is 5.75 Å². The molecule has 0 atom stereocenters. The topological polar surface area (TPSA) is 60.2 Å². The molecule has 1 N–H and O–H groups in total. The molecule has 2 rings (SSSR count). The molecule has 108 valence electrons. The first-order chi connectivity index (χ1) is 9.69. The molecule has 5 nitrogen and oxygen atoms in total. The Hall–Kier alpha value is -1.88. The number of nitrogens with zero attached hydrogens (tertiary/aromatic N) is 2. The van der Waals surface area contributed by atoms with E-state index >= 15 is 0 Å². The summed E-state index contributed by atoms with van der Waals surface area (Å²) in [4.78, 5) is 4.38. The first-order valence-corrected chi connectivity index (χ1v) is 6.83. The molecule has 0 amide bonds. The second kappa shape index (κ2) is 7.05. The molecule has 0 fully saturated rings. The second-order valence-electron chi connectivity index (χ2n) is 5.12. The Bertz CT molecular complexity index is 537. The summed E-state index contributed by atoms with van der Waals surface area (Å²) in [5, 5.41) is 7.28. The quantitative estimate of drug-likeness (QED) is 0.841. The fourth-order valence-corrected chi connectivity index (χ4v) is 1.92. The van der Waals surface area contributed by atoms with Gasteiger partial charge in [-0.05, 0) is 18.5 Å². The van der Waals surface area contributed by atoms with Gasteiger partial charge in [-0.2, -0.15) is 4.98 Å². The van der Waals surface area contributed by atoms with E-state index in [0.717, 1.165) is 17.9 Å². The highest BCUT2D eigenvalue weighted by Gasteiger charge is 2.09. The Morgan fingerprint density at radius 3 is 2.85 bits per heavy atom. The molecule has 0 bridgehead atoms. The van der Waals surface area contributed by atoms with E-state index in [0.29, 0.717) is 30.6 Å². The molecule has 1 aromatic heterocycles. The molecule has 0 aliphatic heterocycles. The van der Waals surface area contributed by atoms with E-state index in [2.05, 4.69) is 29.3 Å². The van der Waals surface area contributed by atoms with Gasteiger partial charge in [0.2, 0.25) is 5.89 Å². The van der Waals surface area contributed by atoms with Gasteiger partial charge in [-0.15, -0.1) is 0 Å². The normalized spacial score (nSPS) is 11.0. The summed E-state index contributed by atoms with van der Waals surface area (Å²) in [7, 11) is 1.66. The average molecular weight is 275 g/mol. The molecule has 0 spiro atoms. The second-order valence-corrected chi connectivity index (χ2v) is 5.12. The number of aromatic nitrogens is 2. The zero-order valence-corrected chi connectivity index (χ0v) is 12.2. The maximum atomic E-state index is 5.32. The molecular weight excluding hydrogens is 254 g/mol. The van der Waals surface area contributed by atoms with Crippen LogP contribution in [0.4, 0.5) is 0 Å². The maximum Gasteiger partial charge on any atom is 0.240 e. The van der Waals surface area contributed by atoms with Crippen molar-refractivity contribution >= 4 is 0 Å². The number of nitrogens with one attached hydrogen (secondary N) is 1. The van der Waals surface area contributed by atoms with E-state index in [4.69, 9.17) is 9.26 Å². The smallest absolute Gasteiger partial charge is 0.240 e. The van der Waals surface area contributed by atoms with Gasteiger partial charge >= 0.3 is 0 Å². The van der Waals surface area contributed by atoms with Crippen LogP contribution in [0.3, 0.4) is 0 Å². The summed E-state index contributed by atoms with van der Waals surface area (Å²) in [5.41, 5.74) is 1.05. The first kappa shape index (κ1) is 14.5. The molecule has 0 saturated carbocycles. The molecule has 0 saturated heterocycles. The van der Waals surface area contributed by atoms with Crippen LogP contribution < -0.4 is 10.1 Å². The summed E-state index contributed by atoms with van der Waals surface area (Å²) >= 11 is 0. The fraction of sp³-hybridized carbons (Fsp3) is 0.467. The lowest BCUT2D eigenvalue weighted by molar-refractivity contribution is 0.359. The predicted molar refractivity (Wildman–Crippen MR) is 76.6 cm³/mol. The summed E-state index contributed by atoms with van der Waals surface area (Å²) in [5.74, 6) is 2.74. The van der Waals surface area contributed by atoms with Gasteiger partial charge in [0, 0.05) is 12.0 Å². The Morgan fingerprint density at radius 2 is 2.10 bits per heavy atom. The molecule has 0 aliphatic carbocycles. The van der Waals surface area contributed by atoms with Crippen molar-refractivity contribution in [3.05, 3.63) is 41.5 Å². The van der Waals surface area contributed by atoms with Crippen molar-refractivity contribution in [2.75, 3.05) is 13.7 Å². The van der Waals surface area contributed by atoms with Gasteiger partial charge in [-0.1, -0.05) is 37.2 Å². The molecular formula is C15H21N3O2. The van der Waals surface area contributed by atoms with Crippen LogP contribution in [0.15, 0.2) is 28.8 Å². The maximum absolute atomic E-state index is 5.32. The summed E-state index contributed by atoms with van der Waals surface area (Å²) in [6.07, 6.45) is 0.609. The summed E-state index contributed by atoms with van der Waals surface area (Å²) in [6.45, 7) is 5.86. The number of benzene rings is 1. The molecule has 5 heteroatoms. The van der Waals surface area contributed by atoms with Gasteiger partial charge in [-0.25, -0.2) is 0 Å². The van der Waals surface area contributed by atoms with Crippen LogP contribution in [0.1, 0.15) is 31.1 Å². The predicted octanol–water partition coefficient (Wildman–Crippen LogP) is 2.41. The number of ether oxygens (including phenoxy) is 1. The molecule has 0 aliphatic rings. The Labute approximate surface area is 119 Å². The van der Waals surface area contributed by atoms with Crippen molar-refractivity contribution in [2.24, 2.45) is 5.92 Å². The Morgan fingerprint density at radius 1 is 1.30 bits per heavy atom. The minimum absolute atomic E-state index is 0.603. The molecule has 0 radical (unpaired) electrons. The monoisotopic (exact) mass is 275 g/mol. The highest BCUT2D eigenvalue weighted by atomic mass is 16.5. The number of hydrogen-bond donors (Lipinski definition) is 1. The van der Waals surface area contributed by atoms with E-state index < -0.39 is 0 Å². The Balaban J connectivity index is 1.95. The lowest BCUT2D eigenvalue weighted by Gasteiger charge is -2.05. The summed E-state index contributed by atoms with van der Waals surface area (Å²) < 4.78 is 10.5. The van der Waals surface area contributed by atoms with Crippen LogP contribution >= 0.6 is 0 Å². The van der Waals surface area contributed by atoms with Crippen LogP contribution in [-0.4, -0.2) is 23.8 Å². The van der Waals surface area contributed by atoms with Gasteiger partial charge < -0.3 is 14.6 Å². The summed E-state index contributed by atoms with van der Waals surface area (Å²) in [6, 6.07) is 7.86. The minimum Gasteiger partial charge on any atom is -0.496 e. The number of methoxy groups -OCH3 is 1. The highest BCUT2D eigenvalue weighted by Crippen LogP contribution is 2.19. The van der Waals surface area contributed by atoms with E-state index in [1.54, 1.807) is 7.11 Å². The van der Waals surface area contributed by atoms with Crippen LogP contribution in [0, 0.1) is 5.92 Å². The van der Waals surface area contributed by atoms with Crippen molar-refractivity contribution in [1.29, 1.82) is 0 Å². The molecule has 20 heavy (non-hydrogen) atoms. The average Bonchev–Trinajstić information content (AvgIpc) is 2.86. The van der Waals surface area contributed by atoms with E-state index in [-0.39, 0.29) is 0 Å². The van der Waals surface area contributed by atoms with Crippen LogP contribution in [0.25, 0.3) is 0 Å². The molecule has 1 heterocycles. The number of rotatable bonds is 7. The largest absolute Gasteiger partial charge is 0.496 e. The third-order valence-electron chi connectivity index (χ3n) is 2.88. The van der Waals surface area contributed by atoms with Gasteiger partial charge in [0.25, 0.3) is 0 Å². The van der Waals surface area contributed by atoms with Crippen molar-refractivity contribution in [3.8, 4) is 5.75 Å².